The fourth-order valence-corrected chi connectivity index (χ4v) is 2.78. The summed E-state index contributed by atoms with van der Waals surface area (Å²) in [6.07, 6.45) is 3.19. The SMILES string of the molecule is CCOC(=O)CCC(=O)O.CSCC(C)C(O)CSC.O=C(O)CCC(=O)O.[Y]. The molecule has 0 saturated carbocycles. The number of carbonyl (C=O) groups is 4. The third kappa shape index (κ3) is 35.5. The molecular formula is C17H32O9S2Y. The standard InChI is InChI=1S/C7H16OS2.C6H10O4.C4H6O4.Y/c1-6(4-9-2)7(8)5-10-3;1-2-10-6(9)4-3-5(7)8;5-3(6)1-2-4(7)8;/h6-8H,4-5H2,1-3H3;2-4H2,1H3,(H,7,8);1-2H2,(H,5,6)(H,7,8);. The Kier molecular flexibility index (Phi) is 31.9. The average molecular weight is 533 g/mol. The predicted molar refractivity (Wildman–Crippen MR) is 110 cm³/mol. The van der Waals surface area contributed by atoms with Crippen LogP contribution in [0.15, 0.2) is 0 Å². The second-order valence-corrected chi connectivity index (χ2v) is 7.26. The molecule has 0 aliphatic rings. The number of carboxylic acids is 3. The Hall–Kier alpha value is -0.356. The van der Waals surface area contributed by atoms with Crippen LogP contribution in [0.2, 0.25) is 0 Å². The van der Waals surface area contributed by atoms with Gasteiger partial charge in [-0.25, -0.2) is 0 Å². The van der Waals surface area contributed by atoms with E-state index in [1.165, 1.54) is 0 Å². The predicted octanol–water partition coefficient (Wildman–Crippen LogP) is 2.06. The number of aliphatic hydroxyl groups is 1. The van der Waals surface area contributed by atoms with Gasteiger partial charge in [-0.05, 0) is 31.1 Å². The maximum absolute atomic E-state index is 10.5. The van der Waals surface area contributed by atoms with Gasteiger partial charge in [-0.15, -0.1) is 0 Å². The van der Waals surface area contributed by atoms with Gasteiger partial charge < -0.3 is 25.2 Å². The van der Waals surface area contributed by atoms with Crippen LogP contribution in [-0.2, 0) is 56.6 Å². The Balaban J connectivity index is -0.000000160. The summed E-state index contributed by atoms with van der Waals surface area (Å²) in [4.78, 5) is 39.6. The molecule has 12 heteroatoms. The van der Waals surface area contributed by atoms with Crippen LogP contribution in [0.3, 0.4) is 0 Å². The summed E-state index contributed by atoms with van der Waals surface area (Å²) < 4.78 is 4.49. The smallest absolute Gasteiger partial charge is 0.306 e. The Labute approximate surface area is 205 Å². The van der Waals surface area contributed by atoms with Gasteiger partial charge in [0.15, 0.2) is 0 Å². The molecule has 0 spiro atoms. The summed E-state index contributed by atoms with van der Waals surface area (Å²) in [6.45, 7) is 4.08. The van der Waals surface area contributed by atoms with Crippen LogP contribution in [-0.4, -0.2) is 81.0 Å². The molecule has 0 aliphatic carbocycles. The Morgan fingerprint density at radius 2 is 1.21 bits per heavy atom. The van der Waals surface area contributed by atoms with Gasteiger partial charge in [-0.2, -0.15) is 23.5 Å². The van der Waals surface area contributed by atoms with Crippen molar-refractivity contribution in [3.8, 4) is 0 Å². The van der Waals surface area contributed by atoms with E-state index in [-0.39, 0.29) is 64.5 Å². The number of hydrogen-bond donors (Lipinski definition) is 4. The van der Waals surface area contributed by atoms with E-state index in [0.717, 1.165) is 11.5 Å². The normalized spacial score (nSPS) is 11.2. The van der Waals surface area contributed by atoms with Gasteiger partial charge in [0.1, 0.15) is 0 Å². The molecule has 0 fully saturated rings. The fraction of sp³-hybridized carbons (Fsp3) is 0.765. The van der Waals surface area contributed by atoms with Crippen molar-refractivity contribution in [1.29, 1.82) is 0 Å². The summed E-state index contributed by atoms with van der Waals surface area (Å²) in [7, 11) is 0. The van der Waals surface area contributed by atoms with E-state index in [0.29, 0.717) is 12.5 Å². The first-order chi connectivity index (χ1) is 13.0. The molecule has 0 aromatic rings. The molecule has 1 radical (unpaired) electrons. The van der Waals surface area contributed by atoms with E-state index in [1.54, 1.807) is 30.4 Å². The second-order valence-electron chi connectivity index (χ2n) is 5.44. The van der Waals surface area contributed by atoms with Gasteiger partial charge in [0.2, 0.25) is 0 Å². The molecule has 2 atom stereocenters. The molecule has 169 valence electrons. The number of thioether (sulfide) groups is 2. The Morgan fingerprint density at radius 1 is 0.828 bits per heavy atom. The van der Waals surface area contributed by atoms with E-state index in [2.05, 4.69) is 17.9 Å². The van der Waals surface area contributed by atoms with Crippen molar-refractivity contribution in [3.05, 3.63) is 0 Å². The molecule has 9 nitrogen and oxygen atoms in total. The van der Waals surface area contributed by atoms with Gasteiger partial charge in [0, 0.05) is 38.5 Å². The summed E-state index contributed by atoms with van der Waals surface area (Å²) in [5.74, 6) is -1.23. The zero-order valence-electron chi connectivity index (χ0n) is 17.3. The summed E-state index contributed by atoms with van der Waals surface area (Å²) in [6, 6.07) is 0. The van der Waals surface area contributed by atoms with Crippen molar-refractivity contribution in [1.82, 2.24) is 0 Å². The van der Waals surface area contributed by atoms with Gasteiger partial charge in [0.25, 0.3) is 0 Å². The minimum Gasteiger partial charge on any atom is -0.481 e. The largest absolute Gasteiger partial charge is 0.481 e. The quantitative estimate of drug-likeness (QED) is 0.272. The van der Waals surface area contributed by atoms with Crippen molar-refractivity contribution < 1.29 is 77.1 Å². The molecule has 0 heterocycles. The van der Waals surface area contributed by atoms with Crippen molar-refractivity contribution in [2.45, 2.75) is 45.6 Å². The van der Waals surface area contributed by atoms with E-state index < -0.39 is 23.9 Å². The van der Waals surface area contributed by atoms with Crippen LogP contribution >= 0.6 is 23.5 Å². The molecule has 0 aromatic carbocycles. The van der Waals surface area contributed by atoms with Gasteiger partial charge >= 0.3 is 23.9 Å². The molecule has 29 heavy (non-hydrogen) atoms. The van der Waals surface area contributed by atoms with Crippen molar-refractivity contribution in [2.75, 3.05) is 30.6 Å². The van der Waals surface area contributed by atoms with Gasteiger partial charge in [-0.1, -0.05) is 6.92 Å². The average Bonchev–Trinajstić information content (AvgIpc) is 2.60. The second kappa shape index (κ2) is 25.7. The zero-order valence-corrected chi connectivity index (χ0v) is 21.8. The molecule has 2 unspecified atom stereocenters. The van der Waals surface area contributed by atoms with Crippen molar-refractivity contribution in [3.63, 3.8) is 0 Å². The third-order valence-corrected chi connectivity index (χ3v) is 4.36. The third-order valence-electron chi connectivity index (χ3n) is 2.82. The maximum atomic E-state index is 10.5. The summed E-state index contributed by atoms with van der Waals surface area (Å²) in [5.41, 5.74) is 0. The molecule has 0 saturated heterocycles. The van der Waals surface area contributed by atoms with Crippen molar-refractivity contribution in [2.24, 2.45) is 5.92 Å². The summed E-state index contributed by atoms with van der Waals surface area (Å²) in [5, 5.41) is 33.3. The number of hydrogen-bond acceptors (Lipinski definition) is 8. The number of carboxylic acid groups (broad SMARTS) is 3. The van der Waals surface area contributed by atoms with E-state index in [1.807, 2.05) is 6.26 Å². The van der Waals surface area contributed by atoms with Gasteiger partial charge in [0.05, 0.1) is 38.4 Å². The fourth-order valence-electron chi connectivity index (χ4n) is 1.37. The number of aliphatic carboxylic acids is 3. The Bertz CT molecular complexity index is 427. The van der Waals surface area contributed by atoms with Crippen LogP contribution < -0.4 is 0 Å². The molecule has 0 aliphatic heterocycles. The van der Waals surface area contributed by atoms with Crippen LogP contribution in [0.25, 0.3) is 0 Å². The maximum Gasteiger partial charge on any atom is 0.306 e. The molecule has 4 N–H and O–H groups in total. The molecule has 0 bridgehead atoms. The number of esters is 1. The minimum atomic E-state index is -1.08. The first-order valence-corrected chi connectivity index (χ1v) is 11.3. The molecule has 0 rings (SSSR count). The topological polar surface area (TPSA) is 158 Å². The van der Waals surface area contributed by atoms with Crippen LogP contribution in [0, 0.1) is 5.92 Å². The first-order valence-electron chi connectivity index (χ1n) is 8.48. The number of carbonyl (C=O) groups excluding carboxylic acids is 1. The van der Waals surface area contributed by atoms with Crippen LogP contribution in [0.5, 0.6) is 0 Å². The molecular weight excluding hydrogens is 501 g/mol. The number of aliphatic hydroxyl groups excluding tert-OH is 1. The van der Waals surface area contributed by atoms with E-state index in [4.69, 9.17) is 15.3 Å². The van der Waals surface area contributed by atoms with Crippen LogP contribution in [0.4, 0.5) is 0 Å². The monoisotopic (exact) mass is 533 g/mol. The van der Waals surface area contributed by atoms with E-state index >= 15 is 0 Å². The Morgan fingerprint density at radius 3 is 1.52 bits per heavy atom. The molecule has 0 aromatic heterocycles. The van der Waals surface area contributed by atoms with Crippen LogP contribution in [0.1, 0.15) is 39.5 Å². The first kappa shape index (κ1) is 36.0. The van der Waals surface area contributed by atoms with Gasteiger partial charge in [-0.3, -0.25) is 19.2 Å². The summed E-state index contributed by atoms with van der Waals surface area (Å²) >= 11 is 3.50. The number of ether oxygens (including phenoxy) is 1. The minimum absolute atomic E-state index is 0. The zero-order chi connectivity index (χ0) is 22.5. The number of rotatable bonds is 12. The van der Waals surface area contributed by atoms with E-state index in [9.17, 15) is 24.3 Å². The van der Waals surface area contributed by atoms with Crippen molar-refractivity contribution >= 4 is 47.4 Å². The molecule has 0 amide bonds.